The Hall–Kier alpha value is -1.69. The zero-order chi connectivity index (χ0) is 16.1. The van der Waals surface area contributed by atoms with E-state index in [0.29, 0.717) is 36.5 Å². The summed E-state index contributed by atoms with van der Waals surface area (Å²) in [6.45, 7) is 2.23. The van der Waals surface area contributed by atoms with Crippen LogP contribution in [0.4, 0.5) is 0 Å². The number of carbonyl (C=O) groups is 1. The molecule has 0 aromatic carbocycles. The number of hydrogen-bond acceptors (Lipinski definition) is 5. The molecule has 5 nitrogen and oxygen atoms in total. The summed E-state index contributed by atoms with van der Waals surface area (Å²) < 4.78 is 5.25. The lowest BCUT2D eigenvalue weighted by Gasteiger charge is -2.29. The zero-order valence-corrected chi connectivity index (χ0v) is 14.3. The summed E-state index contributed by atoms with van der Waals surface area (Å²) >= 11 is 1.59. The lowest BCUT2D eigenvalue weighted by molar-refractivity contribution is -0.122. The molecule has 23 heavy (non-hydrogen) atoms. The van der Waals surface area contributed by atoms with Crippen molar-refractivity contribution in [3.63, 3.8) is 0 Å². The molecule has 1 N–H and O–H groups in total. The number of rotatable bonds is 6. The van der Waals surface area contributed by atoms with Crippen LogP contribution in [-0.2, 0) is 11.2 Å². The first kappa shape index (κ1) is 16.2. The minimum absolute atomic E-state index is 0.141. The maximum atomic E-state index is 12.1. The molecule has 1 fully saturated rings. The predicted octanol–water partition coefficient (Wildman–Crippen LogP) is 3.82. The van der Waals surface area contributed by atoms with Gasteiger partial charge >= 0.3 is 0 Å². The second-order valence-electron chi connectivity index (χ2n) is 6.28. The maximum absolute atomic E-state index is 12.1. The van der Waals surface area contributed by atoms with Crippen molar-refractivity contribution in [3.05, 3.63) is 23.4 Å². The van der Waals surface area contributed by atoms with Gasteiger partial charge in [-0.2, -0.15) is 4.98 Å². The van der Waals surface area contributed by atoms with Gasteiger partial charge in [-0.05, 0) is 36.6 Å². The molecule has 1 saturated carbocycles. The number of nitrogens with one attached hydrogen (secondary N) is 1. The third-order valence-electron chi connectivity index (χ3n) is 4.46. The highest BCUT2D eigenvalue weighted by Crippen LogP contribution is 2.24. The molecule has 0 saturated heterocycles. The van der Waals surface area contributed by atoms with E-state index in [4.69, 9.17) is 4.52 Å². The van der Waals surface area contributed by atoms with Crippen LogP contribution in [0, 0.1) is 5.92 Å². The normalized spacial score (nSPS) is 21.3. The van der Waals surface area contributed by atoms with Crippen LogP contribution in [0.25, 0.3) is 10.7 Å². The second kappa shape index (κ2) is 7.73. The number of amides is 1. The molecule has 1 aliphatic rings. The Bertz CT molecular complexity index is 624. The zero-order valence-electron chi connectivity index (χ0n) is 13.5. The van der Waals surface area contributed by atoms with Crippen LogP contribution in [-0.4, -0.2) is 22.1 Å². The number of aromatic nitrogens is 2. The lowest BCUT2D eigenvalue weighted by Crippen LogP contribution is -2.40. The average Bonchev–Trinajstić information content (AvgIpc) is 3.20. The number of thiophene rings is 1. The SMILES string of the molecule is CC1CCCCC1NC(=O)CCCc1nc(-c2cccs2)no1. The van der Waals surface area contributed by atoms with E-state index in [-0.39, 0.29) is 5.91 Å². The Kier molecular flexibility index (Phi) is 5.43. The molecule has 2 unspecified atom stereocenters. The molecular weight excluding hydrogens is 310 g/mol. The monoisotopic (exact) mass is 333 g/mol. The standard InChI is InChI=1S/C17H23N3O2S/c1-12-6-2-3-7-13(12)18-15(21)9-4-10-16-19-17(20-22-16)14-8-5-11-23-14/h5,8,11-13H,2-4,6-7,9-10H2,1H3,(H,18,21). The molecule has 3 rings (SSSR count). The van der Waals surface area contributed by atoms with Crippen molar-refractivity contribution in [2.24, 2.45) is 5.92 Å². The van der Waals surface area contributed by atoms with Crippen molar-refractivity contribution >= 4 is 17.2 Å². The molecule has 0 aliphatic heterocycles. The topological polar surface area (TPSA) is 68.0 Å². The molecule has 1 amide bonds. The predicted molar refractivity (Wildman–Crippen MR) is 90.1 cm³/mol. The van der Waals surface area contributed by atoms with Crippen molar-refractivity contribution in [1.29, 1.82) is 0 Å². The quantitative estimate of drug-likeness (QED) is 0.872. The van der Waals surface area contributed by atoms with E-state index in [9.17, 15) is 4.79 Å². The summed E-state index contributed by atoms with van der Waals surface area (Å²) in [6.07, 6.45) is 6.74. The van der Waals surface area contributed by atoms with Crippen LogP contribution >= 0.6 is 11.3 Å². The van der Waals surface area contributed by atoms with Gasteiger partial charge in [0, 0.05) is 18.9 Å². The summed E-state index contributed by atoms with van der Waals surface area (Å²) in [5.74, 6) is 1.97. The molecule has 0 bridgehead atoms. The Morgan fingerprint density at radius 1 is 1.43 bits per heavy atom. The van der Waals surface area contributed by atoms with E-state index in [1.807, 2.05) is 17.5 Å². The largest absolute Gasteiger partial charge is 0.353 e. The Morgan fingerprint density at radius 3 is 3.09 bits per heavy atom. The summed E-state index contributed by atoms with van der Waals surface area (Å²) in [7, 11) is 0. The van der Waals surface area contributed by atoms with E-state index < -0.39 is 0 Å². The molecule has 0 radical (unpaired) electrons. The molecule has 2 atom stereocenters. The first-order valence-corrected chi connectivity index (χ1v) is 9.26. The fourth-order valence-corrected chi connectivity index (χ4v) is 3.72. The smallest absolute Gasteiger partial charge is 0.226 e. The van der Waals surface area contributed by atoms with Gasteiger partial charge in [0.15, 0.2) is 0 Å². The van der Waals surface area contributed by atoms with Gasteiger partial charge in [0.1, 0.15) is 0 Å². The number of carbonyl (C=O) groups excluding carboxylic acids is 1. The summed E-state index contributed by atoms with van der Waals surface area (Å²) in [4.78, 5) is 17.4. The lowest BCUT2D eigenvalue weighted by atomic mass is 9.86. The first-order chi connectivity index (χ1) is 11.2. The van der Waals surface area contributed by atoms with Crippen molar-refractivity contribution in [3.8, 4) is 10.7 Å². The Labute approximate surface area is 140 Å². The molecule has 2 aromatic heterocycles. The first-order valence-electron chi connectivity index (χ1n) is 8.38. The van der Waals surface area contributed by atoms with Crippen LogP contribution in [0.2, 0.25) is 0 Å². The highest BCUT2D eigenvalue weighted by atomic mass is 32.1. The Balaban J connectivity index is 1.41. The van der Waals surface area contributed by atoms with Gasteiger partial charge in [0.2, 0.25) is 17.6 Å². The van der Waals surface area contributed by atoms with Gasteiger partial charge in [0.05, 0.1) is 4.88 Å². The van der Waals surface area contributed by atoms with Gasteiger partial charge in [-0.25, -0.2) is 0 Å². The molecule has 2 heterocycles. The molecule has 0 spiro atoms. The van der Waals surface area contributed by atoms with E-state index in [1.165, 1.54) is 19.3 Å². The molecule has 1 aliphatic carbocycles. The number of nitrogens with zero attached hydrogens (tertiary/aromatic N) is 2. The minimum atomic E-state index is 0.141. The second-order valence-corrected chi connectivity index (χ2v) is 7.23. The Morgan fingerprint density at radius 2 is 2.30 bits per heavy atom. The maximum Gasteiger partial charge on any atom is 0.226 e. The minimum Gasteiger partial charge on any atom is -0.353 e. The van der Waals surface area contributed by atoms with Crippen molar-refractivity contribution in [2.45, 2.75) is 57.9 Å². The third-order valence-corrected chi connectivity index (χ3v) is 5.33. The number of aryl methyl sites for hydroxylation is 1. The van der Waals surface area contributed by atoms with E-state index in [1.54, 1.807) is 11.3 Å². The molecule has 124 valence electrons. The van der Waals surface area contributed by atoms with Crippen LogP contribution in [0.15, 0.2) is 22.0 Å². The summed E-state index contributed by atoms with van der Waals surface area (Å²) in [6, 6.07) is 4.29. The summed E-state index contributed by atoms with van der Waals surface area (Å²) in [5, 5.41) is 9.15. The van der Waals surface area contributed by atoms with Gasteiger partial charge in [0.25, 0.3) is 0 Å². The molecule has 6 heteroatoms. The van der Waals surface area contributed by atoms with Gasteiger partial charge in [-0.3, -0.25) is 4.79 Å². The van der Waals surface area contributed by atoms with Crippen molar-refractivity contribution < 1.29 is 9.32 Å². The van der Waals surface area contributed by atoms with Crippen molar-refractivity contribution in [2.75, 3.05) is 0 Å². The third kappa shape index (κ3) is 4.41. The van der Waals surface area contributed by atoms with E-state index in [2.05, 4.69) is 22.4 Å². The van der Waals surface area contributed by atoms with Crippen LogP contribution < -0.4 is 5.32 Å². The van der Waals surface area contributed by atoms with E-state index >= 15 is 0 Å². The fraction of sp³-hybridized carbons (Fsp3) is 0.588. The highest BCUT2D eigenvalue weighted by molar-refractivity contribution is 7.13. The van der Waals surface area contributed by atoms with Crippen LogP contribution in [0.1, 0.15) is 51.3 Å². The number of hydrogen-bond donors (Lipinski definition) is 1. The van der Waals surface area contributed by atoms with Gasteiger partial charge in [-0.15, -0.1) is 11.3 Å². The van der Waals surface area contributed by atoms with E-state index in [0.717, 1.165) is 17.7 Å². The average molecular weight is 333 g/mol. The van der Waals surface area contributed by atoms with Crippen LogP contribution in [0.3, 0.4) is 0 Å². The van der Waals surface area contributed by atoms with Gasteiger partial charge < -0.3 is 9.84 Å². The fourth-order valence-electron chi connectivity index (χ4n) is 3.07. The molecular formula is C17H23N3O2S. The van der Waals surface area contributed by atoms with Crippen molar-refractivity contribution in [1.82, 2.24) is 15.5 Å². The highest BCUT2D eigenvalue weighted by Gasteiger charge is 2.22. The summed E-state index contributed by atoms with van der Waals surface area (Å²) in [5.41, 5.74) is 0. The molecule has 2 aromatic rings. The van der Waals surface area contributed by atoms with Gasteiger partial charge in [-0.1, -0.05) is 31.0 Å². The van der Waals surface area contributed by atoms with Crippen LogP contribution in [0.5, 0.6) is 0 Å².